The van der Waals surface area contributed by atoms with Crippen molar-refractivity contribution in [2.75, 3.05) is 5.32 Å². The molecule has 220 valence electrons. The summed E-state index contributed by atoms with van der Waals surface area (Å²) >= 11 is 12.0. The Kier molecular flexibility index (Phi) is 7.52. The molecule has 1 aromatic carbocycles. The first-order valence-electron chi connectivity index (χ1n) is 13.2. The number of hydrogen-bond acceptors (Lipinski definition) is 7. The number of nitrogens with one attached hydrogen (secondary N) is 1. The summed E-state index contributed by atoms with van der Waals surface area (Å²) in [6.45, 7) is 1.51. The van der Waals surface area contributed by atoms with Gasteiger partial charge in [-0.25, -0.2) is 18.4 Å². The van der Waals surface area contributed by atoms with Crippen LogP contribution in [0.15, 0.2) is 60.0 Å². The largest absolute Gasteiger partial charge is 0.323 e. The van der Waals surface area contributed by atoms with Gasteiger partial charge in [0.1, 0.15) is 6.17 Å². The smallest absolute Gasteiger partial charge is 0.254 e. The summed E-state index contributed by atoms with van der Waals surface area (Å²) in [5.41, 5.74) is 1.76. The van der Waals surface area contributed by atoms with Gasteiger partial charge in [0.05, 0.1) is 69.7 Å². The lowest BCUT2D eigenvalue weighted by molar-refractivity contribution is -0.121. The SMILES string of the molecule is C[C@@H]1C(=O)Nc2cnn(C)c2-c2ccnc(c2)[C@@H](n2cnc(-c3c(-n4cc(Cl)nn4)ccc(Cl)c3F)cc2=O)CCC1F. The molecule has 15 heteroatoms. The number of rotatable bonds is 3. The molecule has 0 saturated carbocycles. The molecule has 0 radical (unpaired) electrons. The lowest BCUT2D eigenvalue weighted by atomic mass is 9.95. The zero-order valence-corrected chi connectivity index (χ0v) is 24.3. The van der Waals surface area contributed by atoms with E-state index in [0.29, 0.717) is 22.6 Å². The monoisotopic (exact) mass is 625 g/mol. The van der Waals surface area contributed by atoms with E-state index in [0.717, 1.165) is 0 Å². The molecule has 0 saturated heterocycles. The van der Waals surface area contributed by atoms with E-state index >= 15 is 8.78 Å². The van der Waals surface area contributed by atoms with E-state index < -0.39 is 35.4 Å². The van der Waals surface area contributed by atoms with Crippen molar-refractivity contribution in [1.29, 1.82) is 0 Å². The van der Waals surface area contributed by atoms with Gasteiger partial charge in [-0.3, -0.25) is 23.8 Å². The molecule has 1 amide bonds. The Bertz CT molecular complexity index is 1920. The van der Waals surface area contributed by atoms with Crippen LogP contribution in [0.4, 0.5) is 14.5 Å². The highest BCUT2D eigenvalue weighted by atomic mass is 35.5. The number of carbonyl (C=O) groups excluding carboxylic acids is 1. The summed E-state index contributed by atoms with van der Waals surface area (Å²) in [5, 5.41) is 14.6. The van der Waals surface area contributed by atoms with Crippen LogP contribution in [0.25, 0.3) is 28.2 Å². The van der Waals surface area contributed by atoms with Crippen LogP contribution in [0.3, 0.4) is 0 Å². The fourth-order valence-electron chi connectivity index (χ4n) is 5.17. The van der Waals surface area contributed by atoms with Crippen LogP contribution in [0.1, 0.15) is 31.5 Å². The van der Waals surface area contributed by atoms with Crippen LogP contribution in [0.5, 0.6) is 0 Å². The van der Waals surface area contributed by atoms with Crippen LogP contribution >= 0.6 is 23.2 Å². The second kappa shape index (κ2) is 11.3. The first kappa shape index (κ1) is 28.6. The van der Waals surface area contributed by atoms with Gasteiger partial charge >= 0.3 is 0 Å². The number of hydrogen-bond donors (Lipinski definition) is 1. The van der Waals surface area contributed by atoms with Gasteiger partial charge < -0.3 is 5.32 Å². The maximum absolute atomic E-state index is 15.4. The maximum atomic E-state index is 15.4. The molecule has 4 aromatic heterocycles. The Morgan fingerprint density at radius 3 is 2.65 bits per heavy atom. The Balaban J connectivity index is 1.47. The number of nitrogens with zero attached hydrogens (tertiary/aromatic N) is 8. The molecule has 1 aliphatic heterocycles. The first-order chi connectivity index (χ1) is 20.6. The molecule has 11 nitrogen and oxygen atoms in total. The number of aromatic nitrogens is 8. The minimum absolute atomic E-state index is 0.00840. The zero-order chi connectivity index (χ0) is 30.4. The van der Waals surface area contributed by atoms with Crippen molar-refractivity contribution in [2.24, 2.45) is 13.0 Å². The van der Waals surface area contributed by atoms with E-state index in [-0.39, 0.29) is 40.0 Å². The standard InChI is InChI=1S/C28H23Cl2F2N9O2/c1-14-17(31)4-6-21(18-9-15(7-8-33-18)27-20(36-28(14)43)11-35-39(27)2)40-13-34-19(10-24(40)42)25-22(5-3-16(29)26(25)32)41-12-23(30)37-38-41/h3,5,7-14,17,21H,4,6H2,1-2H3,(H,36,43)/t14-,17?,21-/m0/s1. The zero-order valence-electron chi connectivity index (χ0n) is 22.7. The fraction of sp³-hybridized carbons (Fsp3) is 0.250. The summed E-state index contributed by atoms with van der Waals surface area (Å²) in [5.74, 6) is -2.26. The second-order valence-electron chi connectivity index (χ2n) is 10.1. The van der Waals surface area contributed by atoms with Gasteiger partial charge in [-0.05, 0) is 37.1 Å². The summed E-state index contributed by atoms with van der Waals surface area (Å²) in [4.78, 5) is 35.4. The number of amides is 1. The van der Waals surface area contributed by atoms with Gasteiger partial charge in [-0.1, -0.05) is 35.3 Å². The minimum atomic E-state index is -1.51. The highest BCUT2D eigenvalue weighted by Gasteiger charge is 2.29. The van der Waals surface area contributed by atoms with Crippen molar-refractivity contribution in [2.45, 2.75) is 32.0 Å². The molecule has 2 bridgehead atoms. The number of benzene rings is 1. The molecule has 0 spiro atoms. The van der Waals surface area contributed by atoms with Crippen LogP contribution < -0.4 is 10.9 Å². The summed E-state index contributed by atoms with van der Waals surface area (Å²) < 4.78 is 34.9. The van der Waals surface area contributed by atoms with E-state index in [1.165, 1.54) is 53.1 Å². The third-order valence-electron chi connectivity index (χ3n) is 7.48. The number of halogens is 4. The van der Waals surface area contributed by atoms with Gasteiger partial charge in [-0.15, -0.1) is 5.10 Å². The van der Waals surface area contributed by atoms with Crippen molar-refractivity contribution < 1.29 is 13.6 Å². The Hall–Kier alpha value is -4.49. The number of aryl methyl sites for hydroxylation is 1. The molecule has 1 unspecified atom stereocenters. The van der Waals surface area contributed by atoms with Gasteiger partial charge in [0, 0.05) is 24.9 Å². The van der Waals surface area contributed by atoms with Crippen molar-refractivity contribution in [3.8, 4) is 28.2 Å². The summed E-state index contributed by atoms with van der Waals surface area (Å²) in [7, 11) is 1.72. The Labute approximate surface area is 253 Å². The third-order valence-corrected chi connectivity index (χ3v) is 7.94. The minimum Gasteiger partial charge on any atom is -0.323 e. The summed E-state index contributed by atoms with van der Waals surface area (Å²) in [6, 6.07) is 6.78. The van der Waals surface area contributed by atoms with Crippen LogP contribution in [-0.4, -0.2) is 51.4 Å². The second-order valence-corrected chi connectivity index (χ2v) is 10.9. The Morgan fingerprint density at radius 2 is 1.91 bits per heavy atom. The topological polar surface area (TPSA) is 125 Å². The number of carbonyl (C=O) groups is 1. The highest BCUT2D eigenvalue weighted by molar-refractivity contribution is 6.31. The number of pyridine rings is 1. The Morgan fingerprint density at radius 1 is 1.09 bits per heavy atom. The maximum Gasteiger partial charge on any atom is 0.254 e. The third kappa shape index (κ3) is 5.30. The normalized spacial score (nSPS) is 18.8. The number of anilines is 1. The predicted molar refractivity (Wildman–Crippen MR) is 155 cm³/mol. The lowest BCUT2D eigenvalue weighted by Crippen LogP contribution is -2.31. The van der Waals surface area contributed by atoms with Crippen molar-refractivity contribution in [1.82, 2.24) is 39.3 Å². The first-order valence-corrected chi connectivity index (χ1v) is 14.0. The molecule has 1 N–H and O–H groups in total. The van der Waals surface area contributed by atoms with Crippen LogP contribution in [0, 0.1) is 11.7 Å². The molecular formula is C28H23Cl2F2N9O2. The quantitative estimate of drug-likeness (QED) is 0.298. The van der Waals surface area contributed by atoms with Crippen molar-refractivity contribution in [3.05, 3.63) is 87.3 Å². The molecule has 6 rings (SSSR count). The highest BCUT2D eigenvalue weighted by Crippen LogP contribution is 2.35. The van der Waals surface area contributed by atoms with E-state index in [2.05, 4.69) is 30.7 Å². The molecule has 3 atom stereocenters. The molecule has 1 aliphatic rings. The molecule has 43 heavy (non-hydrogen) atoms. The molecule has 5 aromatic rings. The van der Waals surface area contributed by atoms with E-state index in [4.69, 9.17) is 23.2 Å². The summed E-state index contributed by atoms with van der Waals surface area (Å²) in [6.07, 6.45) is 4.29. The van der Waals surface area contributed by atoms with Gasteiger partial charge in [0.25, 0.3) is 5.56 Å². The van der Waals surface area contributed by atoms with E-state index in [9.17, 15) is 9.59 Å². The van der Waals surface area contributed by atoms with Gasteiger partial charge in [-0.2, -0.15) is 5.10 Å². The molecule has 0 fully saturated rings. The number of fused-ring (bicyclic) bond motifs is 4. The molecule has 5 heterocycles. The van der Waals surface area contributed by atoms with E-state index in [1.807, 2.05) is 0 Å². The predicted octanol–water partition coefficient (Wildman–Crippen LogP) is 5.03. The van der Waals surface area contributed by atoms with Gasteiger partial charge in [0.2, 0.25) is 5.91 Å². The lowest BCUT2D eigenvalue weighted by Gasteiger charge is -2.24. The van der Waals surface area contributed by atoms with Crippen molar-refractivity contribution in [3.63, 3.8) is 0 Å². The van der Waals surface area contributed by atoms with Crippen molar-refractivity contribution >= 4 is 34.8 Å². The van der Waals surface area contributed by atoms with E-state index in [1.54, 1.807) is 30.1 Å². The number of alkyl halides is 1. The average Bonchev–Trinajstić information content (AvgIpc) is 3.59. The molecule has 0 aliphatic carbocycles. The van der Waals surface area contributed by atoms with Crippen LogP contribution in [-0.2, 0) is 11.8 Å². The fourth-order valence-corrected chi connectivity index (χ4v) is 5.46. The van der Waals surface area contributed by atoms with Gasteiger partial charge in [0.15, 0.2) is 11.0 Å². The van der Waals surface area contributed by atoms with Crippen LogP contribution in [0.2, 0.25) is 10.2 Å². The molecular weight excluding hydrogens is 603 g/mol. The average molecular weight is 626 g/mol.